The van der Waals surface area contributed by atoms with Gasteiger partial charge in [0.05, 0.1) is 18.7 Å². The molecule has 3 N–H and O–H groups in total. The lowest BCUT2D eigenvalue weighted by Crippen LogP contribution is -2.36. The molecule has 3 atom stereocenters. The number of ether oxygens (including phenoxy) is 2. The van der Waals surface area contributed by atoms with E-state index in [1.165, 1.54) is 6.92 Å². The zero-order chi connectivity index (χ0) is 15.1. The lowest BCUT2D eigenvalue weighted by molar-refractivity contribution is -0.00390. The van der Waals surface area contributed by atoms with E-state index in [2.05, 4.69) is 9.97 Å². The molecule has 1 saturated heterocycles. The van der Waals surface area contributed by atoms with Gasteiger partial charge in [-0.3, -0.25) is 0 Å². The van der Waals surface area contributed by atoms with Crippen LogP contribution >= 0.6 is 0 Å². The second-order valence-corrected chi connectivity index (χ2v) is 4.94. The minimum atomic E-state index is -1.02. The van der Waals surface area contributed by atoms with Crippen molar-refractivity contribution in [3.63, 3.8) is 0 Å². The topological polar surface area (TPSA) is 87.6 Å². The van der Waals surface area contributed by atoms with Crippen LogP contribution in [0.2, 0.25) is 0 Å². The van der Waals surface area contributed by atoms with Crippen LogP contribution in [-0.4, -0.2) is 51.7 Å². The van der Waals surface area contributed by atoms with Gasteiger partial charge in [-0.15, -0.1) is 0 Å². The molecule has 1 aromatic heterocycles. The van der Waals surface area contributed by atoms with Crippen molar-refractivity contribution in [2.75, 3.05) is 13.2 Å². The van der Waals surface area contributed by atoms with E-state index >= 15 is 0 Å². The van der Waals surface area contributed by atoms with Gasteiger partial charge >= 0.3 is 0 Å². The van der Waals surface area contributed by atoms with Crippen LogP contribution in [0.5, 0.6) is 6.01 Å². The van der Waals surface area contributed by atoms with Crippen molar-refractivity contribution in [2.24, 2.45) is 0 Å². The van der Waals surface area contributed by atoms with Crippen LogP contribution in [0.25, 0.3) is 11.0 Å². The Labute approximate surface area is 118 Å². The van der Waals surface area contributed by atoms with E-state index in [-0.39, 0.29) is 35.8 Å². The smallest absolute Gasteiger partial charge is 0.295 e. The summed E-state index contributed by atoms with van der Waals surface area (Å²) in [5, 5.41) is 18.8. The lowest BCUT2D eigenvalue weighted by Gasteiger charge is -2.15. The molecule has 8 heteroatoms. The maximum Gasteiger partial charge on any atom is 0.295 e. The third kappa shape index (κ3) is 2.35. The average molecular weight is 300 g/mol. The van der Waals surface area contributed by atoms with Gasteiger partial charge in [0.2, 0.25) is 0 Å². The first-order valence-electron chi connectivity index (χ1n) is 6.42. The Morgan fingerprint density at radius 3 is 2.95 bits per heavy atom. The van der Waals surface area contributed by atoms with Crippen LogP contribution in [0.1, 0.15) is 5.56 Å². The first-order valence-corrected chi connectivity index (χ1v) is 6.42. The molecule has 2 heterocycles. The SMILES string of the molecule is Cc1c(F)cc2[nH]c(OC3COC(CO)C3O)nc2c1F. The first kappa shape index (κ1) is 14.2. The quantitative estimate of drug-likeness (QED) is 0.774. The minimum absolute atomic E-state index is 0.0315. The van der Waals surface area contributed by atoms with Crippen molar-refractivity contribution < 1.29 is 28.5 Å². The molecule has 0 amide bonds. The fraction of sp³-hybridized carbons (Fsp3) is 0.462. The van der Waals surface area contributed by atoms with Crippen molar-refractivity contribution >= 4 is 11.0 Å². The maximum atomic E-state index is 13.9. The molecule has 0 saturated carbocycles. The van der Waals surface area contributed by atoms with Crippen LogP contribution in [0.3, 0.4) is 0 Å². The lowest BCUT2D eigenvalue weighted by atomic mass is 10.1. The zero-order valence-electron chi connectivity index (χ0n) is 11.1. The summed E-state index contributed by atoms with van der Waals surface area (Å²) in [6, 6.07) is 1.09. The summed E-state index contributed by atoms with van der Waals surface area (Å²) in [6.07, 6.45) is -2.49. The molecule has 3 rings (SSSR count). The molecule has 0 radical (unpaired) electrons. The summed E-state index contributed by atoms with van der Waals surface area (Å²) in [5.74, 6) is -1.44. The Morgan fingerprint density at radius 1 is 1.52 bits per heavy atom. The number of nitrogens with zero attached hydrogens (tertiary/aromatic N) is 1. The molecule has 0 aliphatic carbocycles. The molecule has 3 unspecified atom stereocenters. The number of fused-ring (bicyclic) bond motifs is 1. The van der Waals surface area contributed by atoms with E-state index in [9.17, 15) is 13.9 Å². The highest BCUT2D eigenvalue weighted by Crippen LogP contribution is 2.25. The van der Waals surface area contributed by atoms with E-state index in [1.54, 1.807) is 0 Å². The number of rotatable bonds is 3. The van der Waals surface area contributed by atoms with Crippen molar-refractivity contribution in [3.05, 3.63) is 23.3 Å². The van der Waals surface area contributed by atoms with E-state index in [0.29, 0.717) is 0 Å². The highest BCUT2D eigenvalue weighted by atomic mass is 19.1. The Kier molecular flexibility index (Phi) is 3.52. The van der Waals surface area contributed by atoms with Gasteiger partial charge < -0.3 is 24.7 Å². The Balaban J connectivity index is 1.87. The predicted octanol–water partition coefficient (Wildman–Crippen LogP) is 0.649. The number of aromatic nitrogens is 2. The fourth-order valence-electron chi connectivity index (χ4n) is 2.27. The molecule has 21 heavy (non-hydrogen) atoms. The predicted molar refractivity (Wildman–Crippen MR) is 68.0 cm³/mol. The fourth-order valence-corrected chi connectivity index (χ4v) is 2.27. The highest BCUT2D eigenvalue weighted by Gasteiger charge is 2.37. The molecular weight excluding hydrogens is 286 g/mol. The first-order chi connectivity index (χ1) is 10.0. The molecule has 1 aromatic carbocycles. The van der Waals surface area contributed by atoms with Gasteiger partial charge in [0, 0.05) is 11.6 Å². The Morgan fingerprint density at radius 2 is 2.29 bits per heavy atom. The molecule has 114 valence electrons. The minimum Gasteiger partial charge on any atom is -0.456 e. The number of hydrogen-bond donors (Lipinski definition) is 3. The number of H-pyrrole nitrogens is 1. The van der Waals surface area contributed by atoms with E-state index in [4.69, 9.17) is 14.6 Å². The number of nitrogens with one attached hydrogen (secondary N) is 1. The number of benzene rings is 1. The molecule has 1 aliphatic rings. The number of aromatic amines is 1. The zero-order valence-corrected chi connectivity index (χ0v) is 11.1. The van der Waals surface area contributed by atoms with Crippen LogP contribution < -0.4 is 4.74 Å². The van der Waals surface area contributed by atoms with Gasteiger partial charge in [-0.2, -0.15) is 4.98 Å². The standard InChI is InChI=1S/C13H14F2N2O4/c1-5-6(14)2-7-11(10(5)15)17-13(16-7)21-9-4-20-8(3-18)12(9)19/h2,8-9,12,18-19H,3-4H2,1H3,(H,16,17). The van der Waals surface area contributed by atoms with Gasteiger partial charge in [-0.05, 0) is 6.92 Å². The van der Waals surface area contributed by atoms with Crippen molar-refractivity contribution in [1.82, 2.24) is 9.97 Å². The average Bonchev–Trinajstić information content (AvgIpc) is 3.01. The van der Waals surface area contributed by atoms with Gasteiger partial charge in [0.15, 0.2) is 11.9 Å². The summed E-state index contributed by atoms with van der Waals surface area (Å²) in [6.45, 7) is 1.05. The second kappa shape index (κ2) is 5.21. The number of aliphatic hydroxyl groups excluding tert-OH is 2. The van der Waals surface area contributed by atoms with Crippen molar-refractivity contribution in [3.8, 4) is 6.01 Å². The van der Waals surface area contributed by atoms with Gasteiger partial charge in [0.1, 0.15) is 23.5 Å². The summed E-state index contributed by atoms with van der Waals surface area (Å²) < 4.78 is 37.9. The summed E-state index contributed by atoms with van der Waals surface area (Å²) in [7, 11) is 0. The number of halogens is 2. The van der Waals surface area contributed by atoms with E-state index in [0.717, 1.165) is 6.07 Å². The molecule has 2 aromatic rings. The maximum absolute atomic E-state index is 13.9. The van der Waals surface area contributed by atoms with Crippen molar-refractivity contribution in [2.45, 2.75) is 25.2 Å². The summed E-state index contributed by atoms with van der Waals surface area (Å²) >= 11 is 0. The largest absolute Gasteiger partial charge is 0.456 e. The normalized spacial score (nSPS) is 25.7. The number of aliphatic hydroxyl groups is 2. The second-order valence-electron chi connectivity index (χ2n) is 4.94. The van der Waals surface area contributed by atoms with Crippen LogP contribution in [0.4, 0.5) is 8.78 Å². The van der Waals surface area contributed by atoms with Gasteiger partial charge in [0.25, 0.3) is 6.01 Å². The van der Waals surface area contributed by atoms with Crippen molar-refractivity contribution in [1.29, 1.82) is 0 Å². The third-order valence-electron chi connectivity index (χ3n) is 3.56. The molecule has 0 bridgehead atoms. The molecule has 6 nitrogen and oxygen atoms in total. The molecule has 0 spiro atoms. The number of imidazole rings is 1. The molecular formula is C13H14F2N2O4. The molecule has 1 fully saturated rings. The van der Waals surface area contributed by atoms with Crippen LogP contribution in [0, 0.1) is 18.6 Å². The Hall–Kier alpha value is -1.77. The van der Waals surface area contributed by atoms with Gasteiger partial charge in [-0.1, -0.05) is 0 Å². The highest BCUT2D eigenvalue weighted by molar-refractivity contribution is 5.77. The van der Waals surface area contributed by atoms with Crippen LogP contribution in [0.15, 0.2) is 6.07 Å². The third-order valence-corrected chi connectivity index (χ3v) is 3.56. The van der Waals surface area contributed by atoms with E-state index < -0.39 is 29.9 Å². The molecule has 1 aliphatic heterocycles. The number of hydrogen-bond acceptors (Lipinski definition) is 5. The van der Waals surface area contributed by atoms with Gasteiger partial charge in [-0.25, -0.2) is 8.78 Å². The Bertz CT molecular complexity index is 676. The van der Waals surface area contributed by atoms with E-state index in [1.807, 2.05) is 0 Å². The summed E-state index contributed by atoms with van der Waals surface area (Å²) in [4.78, 5) is 6.56. The van der Waals surface area contributed by atoms with Crippen LogP contribution in [-0.2, 0) is 4.74 Å². The summed E-state index contributed by atoms with van der Waals surface area (Å²) in [5.41, 5.74) is 0.0128. The monoisotopic (exact) mass is 300 g/mol.